The minimum absolute atomic E-state index is 0.0513. The van der Waals surface area contributed by atoms with Crippen molar-refractivity contribution in [2.75, 3.05) is 20.2 Å². The molecule has 0 radical (unpaired) electrons. The van der Waals surface area contributed by atoms with Crippen LogP contribution in [0.5, 0.6) is 5.75 Å². The fourth-order valence-electron chi connectivity index (χ4n) is 3.84. The van der Waals surface area contributed by atoms with Crippen LogP contribution in [0.1, 0.15) is 84.4 Å². The lowest BCUT2D eigenvalue weighted by Crippen LogP contribution is -2.55. The Balaban J connectivity index is 3.56. The molecule has 10 heteroatoms. The molecule has 1 aromatic carbocycles. The number of aromatic hydroxyl groups is 1. The minimum Gasteiger partial charge on any atom is -0.508 e. The van der Waals surface area contributed by atoms with Crippen molar-refractivity contribution in [1.29, 1.82) is 0 Å². The number of alkyl carbamates (subject to hydrolysis) is 1. The SMILES string of the molecule is CCCCCN(C(=O)C(NC(=O)OC(C)(C)C)C(C)CC)C(C(=O)NCC(=O)OC)c1ccc(O)c(C)c1. The van der Waals surface area contributed by atoms with E-state index in [4.69, 9.17) is 4.74 Å². The predicted octanol–water partition coefficient (Wildman–Crippen LogP) is 3.99. The molecule has 0 saturated carbocycles. The van der Waals surface area contributed by atoms with Gasteiger partial charge in [0.05, 0.1) is 7.11 Å². The summed E-state index contributed by atoms with van der Waals surface area (Å²) in [7, 11) is 1.22. The van der Waals surface area contributed by atoms with Crippen LogP contribution in [0.25, 0.3) is 0 Å². The van der Waals surface area contributed by atoms with Gasteiger partial charge in [-0.3, -0.25) is 14.4 Å². The largest absolute Gasteiger partial charge is 0.508 e. The van der Waals surface area contributed by atoms with E-state index in [1.807, 2.05) is 20.8 Å². The van der Waals surface area contributed by atoms with Crippen LogP contribution in [0.2, 0.25) is 0 Å². The molecule has 0 bridgehead atoms. The summed E-state index contributed by atoms with van der Waals surface area (Å²) in [6, 6.07) is 2.60. The number of carbonyl (C=O) groups is 4. The number of carbonyl (C=O) groups excluding carboxylic acids is 4. The summed E-state index contributed by atoms with van der Waals surface area (Å²) in [4.78, 5) is 53.5. The molecular weight excluding hydrogens is 490 g/mol. The molecule has 1 aromatic rings. The molecule has 0 aromatic heterocycles. The first-order valence-corrected chi connectivity index (χ1v) is 13.2. The van der Waals surface area contributed by atoms with E-state index in [0.717, 1.165) is 12.8 Å². The van der Waals surface area contributed by atoms with E-state index in [-0.39, 0.29) is 24.8 Å². The number of nitrogens with one attached hydrogen (secondary N) is 2. The van der Waals surface area contributed by atoms with Crippen molar-refractivity contribution >= 4 is 23.9 Å². The number of benzene rings is 1. The highest BCUT2D eigenvalue weighted by Gasteiger charge is 2.38. The van der Waals surface area contributed by atoms with Gasteiger partial charge >= 0.3 is 12.1 Å². The predicted molar refractivity (Wildman–Crippen MR) is 144 cm³/mol. The summed E-state index contributed by atoms with van der Waals surface area (Å²) < 4.78 is 10.1. The van der Waals surface area contributed by atoms with Crippen molar-refractivity contribution in [2.45, 2.75) is 91.8 Å². The van der Waals surface area contributed by atoms with Crippen molar-refractivity contribution in [1.82, 2.24) is 15.5 Å². The zero-order valence-corrected chi connectivity index (χ0v) is 24.1. The lowest BCUT2D eigenvalue weighted by atomic mass is 9.95. The maximum atomic E-state index is 14.1. The van der Waals surface area contributed by atoms with Gasteiger partial charge in [-0.2, -0.15) is 0 Å². The van der Waals surface area contributed by atoms with Crippen molar-refractivity contribution in [3.05, 3.63) is 29.3 Å². The first kappa shape index (κ1) is 32.7. The van der Waals surface area contributed by atoms with Crippen molar-refractivity contribution in [3.63, 3.8) is 0 Å². The average Bonchev–Trinajstić information content (AvgIpc) is 2.85. The third-order valence-electron chi connectivity index (χ3n) is 6.17. The fourth-order valence-corrected chi connectivity index (χ4v) is 3.84. The van der Waals surface area contributed by atoms with Crippen LogP contribution in [0.3, 0.4) is 0 Å². The van der Waals surface area contributed by atoms with Crippen molar-refractivity contribution in [3.8, 4) is 5.75 Å². The van der Waals surface area contributed by atoms with Gasteiger partial charge in [-0.1, -0.05) is 46.1 Å². The second-order valence-corrected chi connectivity index (χ2v) is 10.5. The highest BCUT2D eigenvalue weighted by atomic mass is 16.6. The molecule has 0 heterocycles. The van der Waals surface area contributed by atoms with E-state index in [2.05, 4.69) is 15.4 Å². The molecule has 0 aliphatic rings. The molecule has 0 aliphatic heterocycles. The standard InChI is InChI=1S/C28H45N3O7/c1-9-11-12-15-31(26(35)23(18(3)10-2)30-27(36)38-28(5,6)7)24(25(34)29-17-22(33)37-8)20-13-14-21(32)19(4)16-20/h13-14,16,18,23-24,32H,9-12,15,17H2,1-8H3,(H,29,34)(H,30,36). The first-order valence-electron chi connectivity index (χ1n) is 13.2. The Morgan fingerprint density at radius 2 is 1.76 bits per heavy atom. The monoisotopic (exact) mass is 535 g/mol. The number of methoxy groups -OCH3 is 1. The van der Waals surface area contributed by atoms with Gasteiger partial charge in [0.2, 0.25) is 11.8 Å². The summed E-state index contributed by atoms with van der Waals surface area (Å²) in [6.07, 6.45) is 2.20. The summed E-state index contributed by atoms with van der Waals surface area (Å²) >= 11 is 0. The van der Waals surface area contributed by atoms with Crippen LogP contribution in [0.4, 0.5) is 4.79 Å². The quantitative estimate of drug-likeness (QED) is 0.257. The van der Waals surface area contributed by atoms with E-state index in [1.165, 1.54) is 18.1 Å². The lowest BCUT2D eigenvalue weighted by Gasteiger charge is -2.36. The molecule has 0 saturated heterocycles. The van der Waals surface area contributed by atoms with E-state index >= 15 is 0 Å². The molecule has 0 aliphatic carbocycles. The molecule has 38 heavy (non-hydrogen) atoms. The Kier molecular flexibility index (Phi) is 13.1. The number of rotatable bonds is 13. The zero-order valence-electron chi connectivity index (χ0n) is 24.1. The number of hydrogen-bond acceptors (Lipinski definition) is 7. The van der Waals surface area contributed by atoms with Gasteiger partial charge in [0.25, 0.3) is 0 Å². The normalized spacial score (nSPS) is 13.6. The number of ether oxygens (including phenoxy) is 2. The first-order chi connectivity index (χ1) is 17.7. The van der Waals surface area contributed by atoms with Gasteiger partial charge in [0, 0.05) is 6.54 Å². The Morgan fingerprint density at radius 1 is 1.11 bits per heavy atom. The summed E-state index contributed by atoms with van der Waals surface area (Å²) in [5.74, 6) is -1.86. The number of aryl methyl sites for hydroxylation is 1. The zero-order chi connectivity index (χ0) is 29.0. The van der Waals surface area contributed by atoms with Gasteiger partial charge in [-0.15, -0.1) is 0 Å². The molecular formula is C28H45N3O7. The highest BCUT2D eigenvalue weighted by Crippen LogP contribution is 2.28. The Morgan fingerprint density at radius 3 is 2.29 bits per heavy atom. The molecule has 3 unspecified atom stereocenters. The number of unbranched alkanes of at least 4 members (excludes halogenated alkanes) is 2. The number of nitrogens with zero attached hydrogens (tertiary/aromatic N) is 1. The van der Waals surface area contributed by atoms with Gasteiger partial charge in [-0.25, -0.2) is 4.79 Å². The van der Waals surface area contributed by atoms with Crippen LogP contribution in [0.15, 0.2) is 18.2 Å². The van der Waals surface area contributed by atoms with Crippen LogP contribution < -0.4 is 10.6 Å². The van der Waals surface area contributed by atoms with Crippen LogP contribution in [-0.2, 0) is 23.9 Å². The lowest BCUT2D eigenvalue weighted by molar-refractivity contribution is -0.145. The maximum absolute atomic E-state index is 14.1. The molecule has 214 valence electrons. The second-order valence-electron chi connectivity index (χ2n) is 10.5. The van der Waals surface area contributed by atoms with Crippen molar-refractivity contribution in [2.24, 2.45) is 5.92 Å². The molecule has 3 atom stereocenters. The number of phenols is 1. The fraction of sp³-hybridized carbons (Fsp3) is 0.643. The minimum atomic E-state index is -1.12. The Hall–Kier alpha value is -3.30. The van der Waals surface area contributed by atoms with E-state index in [9.17, 15) is 24.3 Å². The Labute approximate surface area is 226 Å². The third-order valence-corrected chi connectivity index (χ3v) is 6.17. The number of amides is 3. The maximum Gasteiger partial charge on any atom is 0.408 e. The van der Waals surface area contributed by atoms with Gasteiger partial charge in [-0.05, 0) is 63.3 Å². The third kappa shape index (κ3) is 10.2. The molecule has 1 rings (SSSR count). The topological polar surface area (TPSA) is 134 Å². The average molecular weight is 536 g/mol. The van der Waals surface area contributed by atoms with Gasteiger partial charge in [0.1, 0.15) is 30.0 Å². The summed E-state index contributed by atoms with van der Waals surface area (Å²) in [6.45, 7) is 12.6. The molecule has 3 amide bonds. The van der Waals surface area contributed by atoms with E-state index < -0.39 is 41.6 Å². The van der Waals surface area contributed by atoms with Crippen LogP contribution >= 0.6 is 0 Å². The van der Waals surface area contributed by atoms with Crippen LogP contribution in [0, 0.1) is 12.8 Å². The van der Waals surface area contributed by atoms with E-state index in [1.54, 1.807) is 39.8 Å². The van der Waals surface area contributed by atoms with Gasteiger partial charge < -0.3 is 30.1 Å². The molecule has 0 spiro atoms. The smallest absolute Gasteiger partial charge is 0.408 e. The molecule has 3 N–H and O–H groups in total. The second kappa shape index (κ2) is 15.2. The van der Waals surface area contributed by atoms with E-state index in [0.29, 0.717) is 24.0 Å². The molecule has 10 nitrogen and oxygen atoms in total. The number of hydrogen-bond donors (Lipinski definition) is 3. The molecule has 0 fully saturated rings. The van der Waals surface area contributed by atoms with Crippen LogP contribution in [-0.4, -0.2) is 65.7 Å². The summed E-state index contributed by atoms with van der Waals surface area (Å²) in [5.41, 5.74) is 0.237. The van der Waals surface area contributed by atoms with Gasteiger partial charge in [0.15, 0.2) is 0 Å². The highest BCUT2D eigenvalue weighted by molar-refractivity contribution is 5.93. The number of esters is 1. The Bertz CT molecular complexity index is 958. The summed E-state index contributed by atoms with van der Waals surface area (Å²) in [5, 5.41) is 15.4. The number of phenolic OH excluding ortho intramolecular Hbond substituents is 1. The van der Waals surface area contributed by atoms with Crippen molar-refractivity contribution < 1.29 is 33.8 Å².